The van der Waals surface area contributed by atoms with Crippen LogP contribution < -0.4 is 15.8 Å². The molecule has 1 amide bonds. The summed E-state index contributed by atoms with van der Waals surface area (Å²) in [7, 11) is 0. The van der Waals surface area contributed by atoms with Crippen molar-refractivity contribution in [2.75, 3.05) is 23.3 Å². The van der Waals surface area contributed by atoms with Crippen LogP contribution in [0.15, 0.2) is 66.7 Å². The molecule has 0 radical (unpaired) electrons. The number of para-hydroxylation sites is 2. The lowest BCUT2D eigenvalue weighted by Gasteiger charge is -2.35. The fourth-order valence-corrected chi connectivity index (χ4v) is 5.34. The minimum atomic E-state index is -0.0641. The second-order valence-corrected chi connectivity index (χ2v) is 9.69. The number of nitrogens with zero attached hydrogens (tertiary/aromatic N) is 3. The van der Waals surface area contributed by atoms with Crippen molar-refractivity contribution in [2.24, 2.45) is 0 Å². The van der Waals surface area contributed by atoms with Crippen molar-refractivity contribution in [3.8, 4) is 0 Å². The fourth-order valence-electron chi connectivity index (χ4n) is 5.14. The van der Waals surface area contributed by atoms with Crippen molar-refractivity contribution in [3.05, 3.63) is 88.5 Å². The molecule has 1 aliphatic rings. The number of carbonyl (C=O) groups is 1. The maximum absolute atomic E-state index is 11.7. The van der Waals surface area contributed by atoms with Crippen LogP contribution in [0.4, 0.5) is 11.4 Å². The molecular weight excluding hydrogens is 458 g/mol. The largest absolute Gasteiger partial charge is 0.370 e. The molecule has 4 aromatic rings. The molecule has 0 saturated carbocycles. The van der Waals surface area contributed by atoms with E-state index in [9.17, 15) is 4.79 Å². The van der Waals surface area contributed by atoms with Crippen LogP contribution in [0.2, 0.25) is 5.02 Å². The molecule has 2 N–H and O–H groups in total. The Balaban J connectivity index is 1.44. The van der Waals surface area contributed by atoms with Gasteiger partial charge in [0.05, 0.1) is 29.0 Å². The molecule has 180 valence electrons. The van der Waals surface area contributed by atoms with E-state index in [1.54, 1.807) is 6.92 Å². The van der Waals surface area contributed by atoms with Gasteiger partial charge in [0, 0.05) is 31.1 Å². The van der Waals surface area contributed by atoms with Gasteiger partial charge in [-0.3, -0.25) is 10.2 Å². The monoisotopic (exact) mass is 487 g/mol. The zero-order valence-electron chi connectivity index (χ0n) is 20.1. The number of hydrogen-bond acceptors (Lipinski definition) is 3. The molecule has 0 atom stereocenters. The first-order valence-corrected chi connectivity index (χ1v) is 12.4. The number of imidazole rings is 1. The van der Waals surface area contributed by atoms with Crippen molar-refractivity contribution in [1.29, 1.82) is 5.41 Å². The Hall–Kier alpha value is -3.51. The van der Waals surface area contributed by atoms with Crippen LogP contribution in [0.1, 0.15) is 36.9 Å². The molecule has 1 aliphatic heterocycles. The van der Waals surface area contributed by atoms with Gasteiger partial charge >= 0.3 is 0 Å². The number of nitrogens with one attached hydrogen (secondary N) is 2. The second kappa shape index (κ2) is 9.62. The van der Waals surface area contributed by atoms with E-state index in [4.69, 9.17) is 17.0 Å². The molecule has 1 saturated heterocycles. The Morgan fingerprint density at radius 2 is 1.71 bits per heavy atom. The van der Waals surface area contributed by atoms with Gasteiger partial charge in [0.2, 0.25) is 11.5 Å². The second-order valence-electron chi connectivity index (χ2n) is 9.28. The Morgan fingerprint density at radius 3 is 2.43 bits per heavy atom. The fraction of sp³-hybridized carbons (Fsp3) is 0.286. The van der Waals surface area contributed by atoms with Crippen molar-refractivity contribution in [1.82, 2.24) is 9.13 Å². The van der Waals surface area contributed by atoms with E-state index in [1.807, 2.05) is 48.5 Å². The predicted molar refractivity (Wildman–Crippen MR) is 142 cm³/mol. The van der Waals surface area contributed by atoms with Gasteiger partial charge in [-0.2, -0.15) is 0 Å². The first-order chi connectivity index (χ1) is 16.9. The lowest BCUT2D eigenvalue weighted by molar-refractivity contribution is -0.114. The number of rotatable bonds is 5. The van der Waals surface area contributed by atoms with Crippen LogP contribution in [0.3, 0.4) is 0 Å². The molecule has 3 aromatic carbocycles. The van der Waals surface area contributed by atoms with Gasteiger partial charge in [-0.25, -0.2) is 0 Å². The maximum Gasteiger partial charge on any atom is 0.221 e. The van der Waals surface area contributed by atoms with E-state index in [1.165, 1.54) is 5.56 Å². The smallest absolute Gasteiger partial charge is 0.221 e. The summed E-state index contributed by atoms with van der Waals surface area (Å²) in [5, 5.41) is 12.8. The number of benzene rings is 3. The number of anilines is 2. The van der Waals surface area contributed by atoms with Crippen molar-refractivity contribution >= 4 is 39.9 Å². The highest BCUT2D eigenvalue weighted by Gasteiger charge is 2.25. The zero-order valence-corrected chi connectivity index (χ0v) is 20.8. The molecule has 1 aromatic heterocycles. The molecule has 0 spiro atoms. The summed E-state index contributed by atoms with van der Waals surface area (Å²) in [4.78, 5) is 14.1. The number of hydrogen-bond donors (Lipinski definition) is 2. The van der Waals surface area contributed by atoms with E-state index in [0.29, 0.717) is 12.2 Å². The number of aromatic nitrogens is 2. The number of carbonyl (C=O) groups excluding carboxylic acids is 1. The van der Waals surface area contributed by atoms with Gasteiger partial charge in [0.25, 0.3) is 0 Å². The molecule has 0 aliphatic carbocycles. The Kier molecular flexibility index (Phi) is 6.39. The summed E-state index contributed by atoms with van der Waals surface area (Å²) in [6.45, 7) is 5.90. The van der Waals surface area contributed by atoms with Crippen LogP contribution in [0, 0.1) is 12.3 Å². The third-order valence-electron chi connectivity index (χ3n) is 6.84. The van der Waals surface area contributed by atoms with E-state index in [2.05, 4.69) is 44.5 Å². The molecule has 0 unspecified atom stereocenters. The van der Waals surface area contributed by atoms with Gasteiger partial charge < -0.3 is 19.4 Å². The van der Waals surface area contributed by atoms with Gasteiger partial charge in [0.15, 0.2) is 0 Å². The maximum atomic E-state index is 11.7. The van der Waals surface area contributed by atoms with Crippen LogP contribution in [0.5, 0.6) is 0 Å². The first-order valence-electron chi connectivity index (χ1n) is 12.0. The molecule has 6 nitrogen and oxygen atoms in total. The van der Waals surface area contributed by atoms with Crippen LogP contribution in [-0.2, 0) is 11.3 Å². The predicted octanol–water partition coefficient (Wildman–Crippen LogP) is 5.73. The molecule has 0 bridgehead atoms. The highest BCUT2D eigenvalue weighted by molar-refractivity contribution is 6.31. The van der Waals surface area contributed by atoms with Gasteiger partial charge in [0.1, 0.15) is 0 Å². The van der Waals surface area contributed by atoms with E-state index < -0.39 is 0 Å². The van der Waals surface area contributed by atoms with Crippen LogP contribution in [0.25, 0.3) is 11.0 Å². The molecule has 35 heavy (non-hydrogen) atoms. The summed E-state index contributed by atoms with van der Waals surface area (Å²) in [5.74, 6) is -0.0641. The molecule has 7 heteroatoms. The normalized spacial score (nSPS) is 14.4. The van der Waals surface area contributed by atoms with Crippen molar-refractivity contribution in [2.45, 2.75) is 39.3 Å². The van der Waals surface area contributed by atoms with Crippen molar-refractivity contribution in [3.63, 3.8) is 0 Å². The Bertz CT molecular complexity index is 1450. The minimum absolute atomic E-state index is 0.0641. The molecule has 1 fully saturated rings. The third-order valence-corrected chi connectivity index (χ3v) is 7.21. The van der Waals surface area contributed by atoms with E-state index in [-0.39, 0.29) is 11.9 Å². The first kappa shape index (κ1) is 23.2. The molecular formula is C28H30ClN5O. The van der Waals surface area contributed by atoms with Gasteiger partial charge in [-0.1, -0.05) is 48.0 Å². The summed E-state index contributed by atoms with van der Waals surface area (Å²) in [6, 6.07) is 22.5. The minimum Gasteiger partial charge on any atom is -0.370 e. The summed E-state index contributed by atoms with van der Waals surface area (Å²) < 4.78 is 4.24. The number of aryl methyl sites for hydroxylation is 1. The number of amides is 1. The average molecular weight is 488 g/mol. The third kappa shape index (κ3) is 4.58. The van der Waals surface area contributed by atoms with Crippen molar-refractivity contribution < 1.29 is 4.79 Å². The topological polar surface area (TPSA) is 66.1 Å². The van der Waals surface area contributed by atoms with Crippen LogP contribution in [-0.4, -0.2) is 28.1 Å². The number of fused-ring (bicyclic) bond motifs is 1. The highest BCUT2D eigenvalue weighted by atomic mass is 35.5. The SMILES string of the molecule is CC(=O)Nc1ccc(C)cc1N1CCC(n2c(=N)n(Cc3ccccc3Cl)c3ccccc32)CC1. The summed E-state index contributed by atoms with van der Waals surface area (Å²) in [5.41, 5.74) is 6.72. The van der Waals surface area contributed by atoms with Crippen LogP contribution >= 0.6 is 11.6 Å². The summed E-state index contributed by atoms with van der Waals surface area (Å²) in [6.07, 6.45) is 1.84. The number of piperidine rings is 1. The quantitative estimate of drug-likeness (QED) is 0.377. The Labute approximate surface area is 210 Å². The summed E-state index contributed by atoms with van der Waals surface area (Å²) >= 11 is 6.45. The molecule has 5 rings (SSSR count). The van der Waals surface area contributed by atoms with Gasteiger partial charge in [-0.15, -0.1) is 0 Å². The standard InChI is InChI=1S/C28H30ClN5O/c1-19-11-12-24(31-20(2)35)27(17-19)32-15-13-22(14-16-32)34-26-10-6-5-9-25(26)33(28(34)30)18-21-7-3-4-8-23(21)29/h3-12,17,22,30H,13-16,18H2,1-2H3,(H,31,35). The Morgan fingerprint density at radius 1 is 1.03 bits per heavy atom. The molecule has 2 heterocycles. The lowest BCUT2D eigenvalue weighted by Crippen LogP contribution is -2.38. The zero-order chi connectivity index (χ0) is 24.5. The number of halogens is 1. The highest BCUT2D eigenvalue weighted by Crippen LogP contribution is 2.33. The average Bonchev–Trinajstić information content (AvgIpc) is 3.13. The van der Waals surface area contributed by atoms with E-state index in [0.717, 1.165) is 58.9 Å². The lowest BCUT2D eigenvalue weighted by atomic mass is 10.0. The van der Waals surface area contributed by atoms with E-state index >= 15 is 0 Å². The van der Waals surface area contributed by atoms with Gasteiger partial charge in [-0.05, 0) is 61.2 Å².